The van der Waals surface area contributed by atoms with E-state index in [1.54, 1.807) is 25.6 Å². The van der Waals surface area contributed by atoms with Crippen LogP contribution in [0.4, 0.5) is 0 Å². The number of hydrogen-bond acceptors (Lipinski definition) is 3. The molecule has 3 nitrogen and oxygen atoms in total. The van der Waals surface area contributed by atoms with Gasteiger partial charge in [0.05, 0.1) is 17.7 Å². The molecule has 0 bridgehead atoms. The molecule has 0 amide bonds. The van der Waals surface area contributed by atoms with Gasteiger partial charge >= 0.3 is 0 Å². The molecule has 4 heteroatoms. The van der Waals surface area contributed by atoms with Crippen molar-refractivity contribution in [3.63, 3.8) is 0 Å². The van der Waals surface area contributed by atoms with E-state index in [1.807, 2.05) is 0 Å². The number of methoxy groups -OCH3 is 1. The van der Waals surface area contributed by atoms with Crippen LogP contribution in [0.1, 0.15) is 11.6 Å². The van der Waals surface area contributed by atoms with Gasteiger partial charge < -0.3 is 10.5 Å². The summed E-state index contributed by atoms with van der Waals surface area (Å²) >= 11 is 5.73. The minimum atomic E-state index is -0.152. The number of nitrogens with zero attached hydrogens (tertiary/aromatic N) is 1. The van der Waals surface area contributed by atoms with Gasteiger partial charge in [0.1, 0.15) is 0 Å². The summed E-state index contributed by atoms with van der Waals surface area (Å²) in [6.07, 6.45) is 3.26. The van der Waals surface area contributed by atoms with E-state index in [9.17, 15) is 0 Å². The average Bonchev–Trinajstić information content (AvgIpc) is 2.05. The minimum Gasteiger partial charge on any atom is -0.383 e. The Morgan fingerprint density at radius 1 is 1.67 bits per heavy atom. The highest BCUT2D eigenvalue weighted by atomic mass is 35.5. The normalized spacial score (nSPS) is 12.9. The van der Waals surface area contributed by atoms with Crippen molar-refractivity contribution in [2.45, 2.75) is 6.04 Å². The van der Waals surface area contributed by atoms with Crippen molar-refractivity contribution in [1.29, 1.82) is 0 Å². The molecule has 0 aliphatic rings. The summed E-state index contributed by atoms with van der Waals surface area (Å²) in [7, 11) is 1.61. The zero-order chi connectivity index (χ0) is 8.97. The Hall–Kier alpha value is -0.640. The van der Waals surface area contributed by atoms with Crippen molar-refractivity contribution >= 4 is 11.6 Å². The van der Waals surface area contributed by atoms with Crippen LogP contribution in [0.25, 0.3) is 0 Å². The van der Waals surface area contributed by atoms with Crippen molar-refractivity contribution in [1.82, 2.24) is 4.98 Å². The van der Waals surface area contributed by atoms with Gasteiger partial charge in [0.15, 0.2) is 0 Å². The zero-order valence-corrected chi connectivity index (χ0v) is 7.58. The van der Waals surface area contributed by atoms with E-state index < -0.39 is 0 Å². The largest absolute Gasteiger partial charge is 0.383 e. The molecule has 1 aromatic rings. The number of hydrogen-bond donors (Lipinski definition) is 1. The molecule has 0 aromatic carbocycles. The van der Waals surface area contributed by atoms with Crippen molar-refractivity contribution in [3.05, 3.63) is 29.0 Å². The Kier molecular flexibility index (Phi) is 3.47. The van der Waals surface area contributed by atoms with Gasteiger partial charge in [-0.05, 0) is 11.6 Å². The third-order valence-corrected chi connectivity index (χ3v) is 1.71. The molecule has 66 valence electrons. The number of aromatic nitrogens is 1. The lowest BCUT2D eigenvalue weighted by Gasteiger charge is -2.09. The predicted molar refractivity (Wildman–Crippen MR) is 48.1 cm³/mol. The summed E-state index contributed by atoms with van der Waals surface area (Å²) in [5.41, 5.74) is 6.64. The Bertz CT molecular complexity index is 255. The van der Waals surface area contributed by atoms with Crippen LogP contribution in [0.3, 0.4) is 0 Å². The van der Waals surface area contributed by atoms with Crippen LogP contribution in [-0.4, -0.2) is 18.7 Å². The first-order valence-corrected chi connectivity index (χ1v) is 3.97. The Morgan fingerprint density at radius 3 is 3.00 bits per heavy atom. The van der Waals surface area contributed by atoms with Crippen LogP contribution in [-0.2, 0) is 4.74 Å². The molecule has 0 radical (unpaired) electrons. The Labute approximate surface area is 76.5 Å². The van der Waals surface area contributed by atoms with Gasteiger partial charge in [0, 0.05) is 19.5 Å². The topological polar surface area (TPSA) is 48.1 Å². The third-order valence-electron chi connectivity index (χ3n) is 1.50. The van der Waals surface area contributed by atoms with Crippen molar-refractivity contribution < 1.29 is 4.74 Å². The monoisotopic (exact) mass is 186 g/mol. The second kappa shape index (κ2) is 4.40. The third kappa shape index (κ3) is 2.44. The number of nitrogens with two attached hydrogens (primary N) is 1. The highest BCUT2D eigenvalue weighted by molar-refractivity contribution is 6.30. The molecule has 1 aromatic heterocycles. The quantitative estimate of drug-likeness (QED) is 0.776. The van der Waals surface area contributed by atoms with Gasteiger partial charge in [-0.2, -0.15) is 0 Å². The van der Waals surface area contributed by atoms with Crippen molar-refractivity contribution in [2.24, 2.45) is 5.73 Å². The van der Waals surface area contributed by atoms with Gasteiger partial charge in [-0.1, -0.05) is 11.6 Å². The van der Waals surface area contributed by atoms with E-state index in [0.29, 0.717) is 11.6 Å². The molecule has 1 unspecified atom stereocenters. The Morgan fingerprint density at radius 2 is 2.42 bits per heavy atom. The van der Waals surface area contributed by atoms with Crippen LogP contribution in [0.2, 0.25) is 5.02 Å². The predicted octanol–water partition coefficient (Wildman–Crippen LogP) is 1.38. The van der Waals surface area contributed by atoms with Gasteiger partial charge in [-0.3, -0.25) is 4.98 Å². The lowest BCUT2D eigenvalue weighted by atomic mass is 10.1. The molecule has 12 heavy (non-hydrogen) atoms. The maximum absolute atomic E-state index is 5.75. The van der Waals surface area contributed by atoms with Crippen molar-refractivity contribution in [3.8, 4) is 0 Å². The van der Waals surface area contributed by atoms with Gasteiger partial charge in [0.25, 0.3) is 0 Å². The molecule has 0 saturated heterocycles. The molecule has 0 aliphatic heterocycles. The molecular formula is C8H11ClN2O. The number of pyridine rings is 1. The van der Waals surface area contributed by atoms with Gasteiger partial charge in [-0.15, -0.1) is 0 Å². The summed E-state index contributed by atoms with van der Waals surface area (Å²) in [5.74, 6) is 0. The fourth-order valence-corrected chi connectivity index (χ4v) is 1.09. The van der Waals surface area contributed by atoms with Crippen LogP contribution in [0.15, 0.2) is 18.5 Å². The lowest BCUT2D eigenvalue weighted by molar-refractivity contribution is 0.181. The second-order valence-corrected chi connectivity index (χ2v) is 2.93. The number of rotatable bonds is 3. The smallest absolute Gasteiger partial charge is 0.0656 e. The maximum atomic E-state index is 5.75. The fourth-order valence-electron chi connectivity index (χ4n) is 0.907. The molecule has 2 N–H and O–H groups in total. The van der Waals surface area contributed by atoms with Gasteiger partial charge in [0.2, 0.25) is 0 Å². The molecule has 0 aliphatic carbocycles. The standard InChI is InChI=1S/C8H11ClN2O/c1-12-5-8(10)6-2-7(9)4-11-3-6/h2-4,8H,5,10H2,1H3. The van der Waals surface area contributed by atoms with E-state index in [4.69, 9.17) is 22.1 Å². The van der Waals surface area contributed by atoms with Crippen LogP contribution in [0, 0.1) is 0 Å². The first-order valence-electron chi connectivity index (χ1n) is 3.59. The first kappa shape index (κ1) is 9.45. The van der Waals surface area contributed by atoms with Crippen LogP contribution in [0.5, 0.6) is 0 Å². The molecule has 1 atom stereocenters. The summed E-state index contributed by atoms with van der Waals surface area (Å²) in [6.45, 7) is 0.474. The van der Waals surface area contributed by atoms with E-state index in [0.717, 1.165) is 5.56 Å². The molecule has 1 rings (SSSR count). The molecule has 0 saturated carbocycles. The first-order chi connectivity index (χ1) is 5.74. The molecule has 1 heterocycles. The zero-order valence-electron chi connectivity index (χ0n) is 6.83. The molecule has 0 fully saturated rings. The molecular weight excluding hydrogens is 176 g/mol. The van der Waals surface area contributed by atoms with Gasteiger partial charge in [-0.25, -0.2) is 0 Å². The van der Waals surface area contributed by atoms with E-state index >= 15 is 0 Å². The van der Waals surface area contributed by atoms with Crippen LogP contribution < -0.4 is 5.73 Å². The summed E-state index contributed by atoms with van der Waals surface area (Å²) in [6, 6.07) is 1.64. The average molecular weight is 187 g/mol. The summed E-state index contributed by atoms with van der Waals surface area (Å²) in [4.78, 5) is 3.92. The maximum Gasteiger partial charge on any atom is 0.0656 e. The number of halogens is 1. The lowest BCUT2D eigenvalue weighted by Crippen LogP contribution is -2.16. The summed E-state index contributed by atoms with van der Waals surface area (Å²) < 4.78 is 4.90. The fraction of sp³-hybridized carbons (Fsp3) is 0.375. The second-order valence-electron chi connectivity index (χ2n) is 2.50. The Balaban J connectivity index is 2.73. The summed E-state index contributed by atoms with van der Waals surface area (Å²) in [5, 5.41) is 0.596. The van der Waals surface area contributed by atoms with Crippen molar-refractivity contribution in [2.75, 3.05) is 13.7 Å². The number of ether oxygens (including phenoxy) is 1. The van der Waals surface area contributed by atoms with E-state index in [1.165, 1.54) is 0 Å². The highest BCUT2D eigenvalue weighted by Crippen LogP contribution is 2.14. The van der Waals surface area contributed by atoms with E-state index in [-0.39, 0.29) is 6.04 Å². The van der Waals surface area contributed by atoms with E-state index in [2.05, 4.69) is 4.98 Å². The van der Waals surface area contributed by atoms with Crippen LogP contribution >= 0.6 is 11.6 Å². The highest BCUT2D eigenvalue weighted by Gasteiger charge is 2.05. The molecule has 0 spiro atoms. The SMILES string of the molecule is COCC(N)c1cncc(Cl)c1. The minimum absolute atomic E-state index is 0.152.